The van der Waals surface area contributed by atoms with E-state index in [0.717, 1.165) is 35.0 Å². The zero-order valence-corrected chi connectivity index (χ0v) is 16.3. The molecule has 2 heterocycles. The van der Waals surface area contributed by atoms with Gasteiger partial charge in [-0.3, -0.25) is 14.9 Å². The van der Waals surface area contributed by atoms with Gasteiger partial charge in [-0.15, -0.1) is 0 Å². The lowest BCUT2D eigenvalue weighted by Gasteiger charge is -2.26. The number of nitrogens with zero attached hydrogens (tertiary/aromatic N) is 1. The third-order valence-corrected chi connectivity index (χ3v) is 6.17. The highest BCUT2D eigenvalue weighted by Crippen LogP contribution is 2.35. The van der Waals surface area contributed by atoms with Crippen LogP contribution in [0.4, 0.5) is 14.9 Å². The van der Waals surface area contributed by atoms with Crippen LogP contribution in [0.1, 0.15) is 37.9 Å². The zero-order chi connectivity index (χ0) is 20.4. The molecule has 1 saturated heterocycles. The van der Waals surface area contributed by atoms with Crippen molar-refractivity contribution in [2.24, 2.45) is 0 Å². The fourth-order valence-corrected chi connectivity index (χ4v) is 4.64. The number of anilines is 1. The molecule has 1 N–H and O–H groups in total. The molecule has 2 fully saturated rings. The number of hydrogen-bond acceptors (Lipinski definition) is 5. The number of furan rings is 1. The number of thioether (sulfide) groups is 1. The molecule has 6 nitrogen and oxygen atoms in total. The molecule has 0 bridgehead atoms. The first kappa shape index (κ1) is 19.4. The van der Waals surface area contributed by atoms with Gasteiger partial charge in [-0.1, -0.05) is 31.0 Å². The molecule has 0 spiro atoms. The number of barbiturate groups is 1. The number of benzene rings is 1. The van der Waals surface area contributed by atoms with E-state index in [4.69, 9.17) is 4.42 Å². The summed E-state index contributed by atoms with van der Waals surface area (Å²) in [6.45, 7) is 0. The smallest absolute Gasteiger partial charge is 0.335 e. The molecule has 0 atom stereocenters. The van der Waals surface area contributed by atoms with Crippen molar-refractivity contribution in [2.45, 2.75) is 42.4 Å². The van der Waals surface area contributed by atoms with Crippen molar-refractivity contribution in [2.75, 3.05) is 4.90 Å². The van der Waals surface area contributed by atoms with Gasteiger partial charge in [0.15, 0.2) is 5.09 Å². The van der Waals surface area contributed by atoms with Gasteiger partial charge in [0.25, 0.3) is 11.8 Å². The maximum atomic E-state index is 13.2. The predicted molar refractivity (Wildman–Crippen MR) is 107 cm³/mol. The van der Waals surface area contributed by atoms with Crippen LogP contribution < -0.4 is 10.2 Å². The van der Waals surface area contributed by atoms with Crippen LogP contribution in [0.25, 0.3) is 6.08 Å². The maximum Gasteiger partial charge on any atom is 0.335 e. The molecular weight excluding hydrogens is 395 g/mol. The van der Waals surface area contributed by atoms with Crippen molar-refractivity contribution < 1.29 is 23.2 Å². The van der Waals surface area contributed by atoms with Gasteiger partial charge in [-0.2, -0.15) is 0 Å². The first-order chi connectivity index (χ1) is 14.0. The molecule has 0 radical (unpaired) electrons. The Bertz CT molecular complexity index is 977. The van der Waals surface area contributed by atoms with E-state index in [1.165, 1.54) is 37.5 Å². The van der Waals surface area contributed by atoms with E-state index in [2.05, 4.69) is 5.32 Å². The highest BCUT2D eigenvalue weighted by molar-refractivity contribution is 7.99. The van der Waals surface area contributed by atoms with E-state index in [1.807, 2.05) is 6.07 Å². The number of hydrogen-bond donors (Lipinski definition) is 1. The molecule has 1 aromatic carbocycles. The van der Waals surface area contributed by atoms with E-state index in [-0.39, 0.29) is 11.3 Å². The summed E-state index contributed by atoms with van der Waals surface area (Å²) in [5.41, 5.74) is -0.0576. The molecule has 1 aliphatic heterocycles. The van der Waals surface area contributed by atoms with E-state index < -0.39 is 23.7 Å². The van der Waals surface area contributed by atoms with E-state index in [1.54, 1.807) is 17.8 Å². The van der Waals surface area contributed by atoms with Gasteiger partial charge in [-0.05, 0) is 55.3 Å². The Morgan fingerprint density at radius 1 is 1.03 bits per heavy atom. The molecule has 1 saturated carbocycles. The van der Waals surface area contributed by atoms with Crippen molar-refractivity contribution >= 4 is 41.4 Å². The van der Waals surface area contributed by atoms with Crippen molar-refractivity contribution in [1.82, 2.24) is 5.32 Å². The highest BCUT2D eigenvalue weighted by atomic mass is 32.2. The van der Waals surface area contributed by atoms with Crippen LogP contribution in [0.3, 0.4) is 0 Å². The zero-order valence-electron chi connectivity index (χ0n) is 15.5. The Morgan fingerprint density at radius 2 is 1.76 bits per heavy atom. The summed E-state index contributed by atoms with van der Waals surface area (Å²) in [5.74, 6) is -1.72. The Labute approximate surface area is 171 Å². The van der Waals surface area contributed by atoms with Crippen molar-refractivity contribution in [1.29, 1.82) is 0 Å². The van der Waals surface area contributed by atoms with Crippen molar-refractivity contribution in [3.8, 4) is 0 Å². The number of rotatable bonds is 4. The number of amides is 4. The summed E-state index contributed by atoms with van der Waals surface area (Å²) < 4.78 is 18.9. The molecule has 1 aliphatic carbocycles. The number of carbonyl (C=O) groups is 3. The number of carbonyl (C=O) groups excluding carboxylic acids is 3. The summed E-state index contributed by atoms with van der Waals surface area (Å²) in [7, 11) is 0. The average molecular weight is 414 g/mol. The molecule has 29 heavy (non-hydrogen) atoms. The Kier molecular flexibility index (Phi) is 5.53. The number of nitrogens with one attached hydrogen (secondary N) is 1. The van der Waals surface area contributed by atoms with Gasteiger partial charge < -0.3 is 4.42 Å². The van der Waals surface area contributed by atoms with Gasteiger partial charge in [0.05, 0.1) is 5.69 Å². The summed E-state index contributed by atoms with van der Waals surface area (Å²) in [6.07, 6.45) is 7.34. The molecule has 150 valence electrons. The fraction of sp³-hybridized carbons (Fsp3) is 0.286. The summed E-state index contributed by atoms with van der Waals surface area (Å²) in [6, 6.07) is 7.50. The largest absolute Gasteiger partial charge is 0.450 e. The molecular formula is C21H19FN2O4S. The second-order valence-electron chi connectivity index (χ2n) is 6.97. The van der Waals surface area contributed by atoms with E-state index in [0.29, 0.717) is 11.0 Å². The van der Waals surface area contributed by atoms with Gasteiger partial charge in [0.2, 0.25) is 0 Å². The lowest BCUT2D eigenvalue weighted by molar-refractivity contribution is -0.122. The van der Waals surface area contributed by atoms with Crippen LogP contribution in [0.15, 0.2) is 51.5 Å². The Balaban J connectivity index is 1.55. The van der Waals surface area contributed by atoms with Crippen molar-refractivity contribution in [3.63, 3.8) is 0 Å². The van der Waals surface area contributed by atoms with Crippen LogP contribution in [-0.2, 0) is 9.59 Å². The maximum absolute atomic E-state index is 13.2. The molecule has 1 aromatic heterocycles. The topological polar surface area (TPSA) is 79.6 Å². The second-order valence-corrected chi connectivity index (χ2v) is 8.27. The third-order valence-electron chi connectivity index (χ3n) is 4.91. The van der Waals surface area contributed by atoms with Gasteiger partial charge in [-0.25, -0.2) is 14.1 Å². The quantitative estimate of drug-likeness (QED) is 0.588. The molecule has 0 unspecified atom stereocenters. The number of urea groups is 1. The highest BCUT2D eigenvalue weighted by Gasteiger charge is 2.37. The second kappa shape index (κ2) is 8.24. The van der Waals surface area contributed by atoms with Crippen LogP contribution in [0, 0.1) is 5.82 Å². The summed E-state index contributed by atoms with van der Waals surface area (Å²) in [5, 5.41) is 3.38. The Hall–Kier alpha value is -2.87. The lowest BCUT2D eigenvalue weighted by atomic mass is 10.0. The van der Waals surface area contributed by atoms with E-state index >= 15 is 0 Å². The first-order valence-corrected chi connectivity index (χ1v) is 10.3. The van der Waals surface area contributed by atoms with Gasteiger partial charge in [0.1, 0.15) is 17.2 Å². The standard InChI is InChI=1S/C21H19FN2O4S/c22-13-6-8-14(9-7-13)24-20(26)17(19(25)23-21(24)27)12-15-10-11-18(28-15)29-16-4-2-1-3-5-16/h6-12,16H,1-5H2,(H,23,25,27)/b17-12-. The monoisotopic (exact) mass is 414 g/mol. The van der Waals surface area contributed by atoms with Gasteiger partial charge >= 0.3 is 6.03 Å². The van der Waals surface area contributed by atoms with Crippen molar-refractivity contribution in [3.05, 3.63) is 53.5 Å². The summed E-state index contributed by atoms with van der Waals surface area (Å²) in [4.78, 5) is 38.0. The van der Waals surface area contributed by atoms with Gasteiger partial charge in [0, 0.05) is 5.25 Å². The third kappa shape index (κ3) is 4.27. The molecule has 4 rings (SSSR count). The average Bonchev–Trinajstić information content (AvgIpc) is 3.14. The first-order valence-electron chi connectivity index (χ1n) is 9.45. The fourth-order valence-electron chi connectivity index (χ4n) is 3.45. The van der Waals surface area contributed by atoms with Crippen LogP contribution in [0.2, 0.25) is 0 Å². The summed E-state index contributed by atoms with van der Waals surface area (Å²) >= 11 is 1.67. The SMILES string of the molecule is O=C1NC(=O)N(c2ccc(F)cc2)C(=O)/C1=C\c1ccc(SC2CCCCC2)o1. The minimum absolute atomic E-state index is 0.167. The minimum Gasteiger partial charge on any atom is -0.450 e. The van der Waals surface area contributed by atoms with E-state index in [9.17, 15) is 18.8 Å². The molecule has 2 aromatic rings. The number of imide groups is 2. The lowest BCUT2D eigenvalue weighted by Crippen LogP contribution is -2.54. The molecule has 8 heteroatoms. The van der Waals surface area contributed by atoms with Crippen LogP contribution >= 0.6 is 11.8 Å². The normalized spacial score (nSPS) is 19.7. The Morgan fingerprint density at radius 3 is 2.48 bits per heavy atom. The van der Waals surface area contributed by atoms with Crippen LogP contribution in [-0.4, -0.2) is 23.1 Å². The molecule has 2 aliphatic rings. The molecule has 4 amide bonds. The van der Waals surface area contributed by atoms with Crippen LogP contribution in [0.5, 0.6) is 0 Å². The predicted octanol–water partition coefficient (Wildman–Crippen LogP) is 4.51. The minimum atomic E-state index is -0.878. The number of halogens is 1.